The molecule has 1 saturated heterocycles. The Bertz CT molecular complexity index is 829. The highest BCUT2D eigenvalue weighted by Gasteiger charge is 2.23. The van der Waals surface area contributed by atoms with Gasteiger partial charge in [-0.25, -0.2) is 15.8 Å². The smallest absolute Gasteiger partial charge is 0.222 e. The van der Waals surface area contributed by atoms with Crippen molar-refractivity contribution in [3.8, 4) is 0 Å². The topological polar surface area (TPSA) is 91.0 Å². The summed E-state index contributed by atoms with van der Waals surface area (Å²) < 4.78 is 0. The van der Waals surface area contributed by atoms with Crippen LogP contribution in [0, 0.1) is 0 Å². The zero-order chi connectivity index (χ0) is 20.6. The van der Waals surface area contributed by atoms with Gasteiger partial charge in [0.2, 0.25) is 5.91 Å². The van der Waals surface area contributed by atoms with Crippen LogP contribution in [0.25, 0.3) is 10.2 Å². The molecule has 0 unspecified atom stereocenters. The van der Waals surface area contributed by atoms with E-state index in [9.17, 15) is 4.79 Å². The van der Waals surface area contributed by atoms with E-state index in [1.165, 1.54) is 4.88 Å². The highest BCUT2D eigenvalue weighted by molar-refractivity contribution is 7.18. The van der Waals surface area contributed by atoms with Gasteiger partial charge in [0.05, 0.1) is 11.7 Å². The van der Waals surface area contributed by atoms with Crippen LogP contribution in [0.3, 0.4) is 0 Å². The number of anilines is 1. The van der Waals surface area contributed by atoms with E-state index < -0.39 is 0 Å². The molecule has 1 aliphatic heterocycles. The van der Waals surface area contributed by atoms with E-state index >= 15 is 0 Å². The lowest BCUT2D eigenvalue weighted by Crippen LogP contribution is -2.49. The molecule has 1 amide bonds. The number of hydrogen-bond donors (Lipinski definition) is 1. The number of rotatable bonds is 9. The number of hydrogen-bond acceptors (Lipinski definition) is 7. The zero-order valence-electron chi connectivity index (χ0n) is 17.4. The van der Waals surface area contributed by atoms with Crippen LogP contribution in [0.2, 0.25) is 0 Å². The van der Waals surface area contributed by atoms with Crippen LogP contribution in [0.15, 0.2) is 17.4 Å². The Balaban J connectivity index is 1.46. The van der Waals surface area contributed by atoms with Gasteiger partial charge < -0.3 is 14.8 Å². The van der Waals surface area contributed by atoms with Gasteiger partial charge in [0.25, 0.3) is 0 Å². The van der Waals surface area contributed by atoms with Gasteiger partial charge in [-0.05, 0) is 32.3 Å². The predicted octanol–water partition coefficient (Wildman–Crippen LogP) is 2.30. The third-order valence-corrected chi connectivity index (χ3v) is 6.30. The molecule has 0 saturated carbocycles. The summed E-state index contributed by atoms with van der Waals surface area (Å²) in [6.07, 6.45) is 6.61. The first-order chi connectivity index (χ1) is 14.1. The third kappa shape index (κ3) is 5.63. The molecule has 3 rings (SSSR count). The van der Waals surface area contributed by atoms with Crippen LogP contribution in [-0.2, 0) is 11.2 Å². The molecule has 0 atom stereocenters. The Morgan fingerprint density at radius 2 is 2.07 bits per heavy atom. The van der Waals surface area contributed by atoms with Crippen LogP contribution < -0.4 is 10.7 Å². The first-order valence-corrected chi connectivity index (χ1v) is 11.2. The zero-order valence-corrected chi connectivity index (χ0v) is 18.2. The molecule has 3 heterocycles. The van der Waals surface area contributed by atoms with Crippen molar-refractivity contribution in [2.24, 2.45) is 10.8 Å². The number of carbonyl (C=O) groups excluding carboxylic acids is 1. The average molecular weight is 418 g/mol. The van der Waals surface area contributed by atoms with Crippen molar-refractivity contribution in [2.75, 3.05) is 44.2 Å². The van der Waals surface area contributed by atoms with E-state index in [-0.39, 0.29) is 5.91 Å². The van der Waals surface area contributed by atoms with E-state index in [1.54, 1.807) is 29.0 Å². The summed E-state index contributed by atoms with van der Waals surface area (Å²) in [4.78, 5) is 32.2. The van der Waals surface area contributed by atoms with Crippen LogP contribution in [-0.4, -0.2) is 71.4 Å². The Labute approximate surface area is 176 Å². The predicted molar refractivity (Wildman–Crippen MR) is 119 cm³/mol. The summed E-state index contributed by atoms with van der Waals surface area (Å²) in [5.41, 5.74) is 0. The maximum Gasteiger partial charge on any atom is 0.222 e. The fourth-order valence-corrected chi connectivity index (χ4v) is 4.39. The lowest BCUT2D eigenvalue weighted by molar-refractivity contribution is -0.131. The molecular weight excluding hydrogens is 386 g/mol. The van der Waals surface area contributed by atoms with E-state index in [0.717, 1.165) is 68.0 Å². The Hall–Kier alpha value is -2.26. The van der Waals surface area contributed by atoms with Gasteiger partial charge in [-0.1, -0.05) is 6.92 Å². The molecule has 0 spiro atoms. The highest BCUT2D eigenvalue weighted by Crippen LogP contribution is 2.30. The first kappa shape index (κ1) is 21.4. The van der Waals surface area contributed by atoms with Gasteiger partial charge in [0.1, 0.15) is 17.0 Å². The number of amides is 1. The minimum Gasteiger partial charge on any atom is -0.352 e. The lowest BCUT2D eigenvalue weighted by atomic mass is 10.2. The average Bonchev–Trinajstić information content (AvgIpc) is 3.18. The summed E-state index contributed by atoms with van der Waals surface area (Å²) in [6, 6.07) is 2.21. The number of aryl methyl sites for hydroxylation is 1. The molecule has 2 aromatic rings. The Morgan fingerprint density at radius 1 is 1.28 bits per heavy atom. The largest absolute Gasteiger partial charge is 0.352 e. The number of carbonyl (C=O) groups is 1. The monoisotopic (exact) mass is 417 g/mol. The standard InChI is InChI=1S/C20H31N7OS/c1-3-16-13-17-19(23-14-24-20(17)29-16)26-11-9-25(10-12-26)18(28)7-5-6-8-27(21)15-22-4-2/h13-15H,3-12,21H2,1-2H3. The number of aliphatic imine (C=N–C) groups is 1. The molecule has 1 fully saturated rings. The summed E-state index contributed by atoms with van der Waals surface area (Å²) >= 11 is 1.74. The van der Waals surface area contributed by atoms with Crippen molar-refractivity contribution in [2.45, 2.75) is 39.5 Å². The summed E-state index contributed by atoms with van der Waals surface area (Å²) in [5, 5.41) is 2.72. The number of unbranched alkanes of at least 4 members (excludes halogenated alkanes) is 1. The van der Waals surface area contributed by atoms with Crippen LogP contribution in [0.1, 0.15) is 38.0 Å². The number of nitrogens with two attached hydrogens (primary N) is 1. The third-order valence-electron chi connectivity index (χ3n) is 5.11. The second kappa shape index (κ2) is 10.5. The Kier molecular flexibility index (Phi) is 7.76. The summed E-state index contributed by atoms with van der Waals surface area (Å²) in [6.45, 7) is 8.66. The molecular formula is C20H31N7OS. The SMILES string of the molecule is CCN=CN(N)CCCCC(=O)N1CCN(c2ncnc3sc(CC)cc23)CC1. The molecule has 9 heteroatoms. The van der Waals surface area contributed by atoms with E-state index in [0.29, 0.717) is 13.0 Å². The number of piperazine rings is 1. The molecule has 1 aliphatic rings. The van der Waals surface area contributed by atoms with Crippen molar-refractivity contribution in [1.82, 2.24) is 19.9 Å². The minimum absolute atomic E-state index is 0.229. The fourth-order valence-electron chi connectivity index (χ4n) is 3.46. The van der Waals surface area contributed by atoms with Gasteiger partial charge in [-0.3, -0.25) is 9.79 Å². The molecule has 0 aliphatic carbocycles. The minimum atomic E-state index is 0.229. The fraction of sp³-hybridized carbons (Fsp3) is 0.600. The molecule has 8 nitrogen and oxygen atoms in total. The molecule has 2 aromatic heterocycles. The van der Waals surface area contributed by atoms with E-state index in [1.807, 2.05) is 11.8 Å². The van der Waals surface area contributed by atoms with Crippen molar-refractivity contribution in [3.05, 3.63) is 17.3 Å². The van der Waals surface area contributed by atoms with Crippen LogP contribution in [0.4, 0.5) is 5.82 Å². The van der Waals surface area contributed by atoms with Crippen LogP contribution >= 0.6 is 11.3 Å². The van der Waals surface area contributed by atoms with Crippen molar-refractivity contribution in [1.29, 1.82) is 0 Å². The van der Waals surface area contributed by atoms with Gasteiger partial charge >= 0.3 is 0 Å². The highest BCUT2D eigenvalue weighted by atomic mass is 32.1. The van der Waals surface area contributed by atoms with Gasteiger partial charge in [-0.15, -0.1) is 11.3 Å². The van der Waals surface area contributed by atoms with Gasteiger partial charge in [0, 0.05) is 50.6 Å². The normalized spacial score (nSPS) is 14.9. The first-order valence-electron chi connectivity index (χ1n) is 10.4. The molecule has 0 radical (unpaired) electrons. The molecule has 158 valence electrons. The van der Waals surface area contributed by atoms with Crippen molar-refractivity contribution >= 4 is 39.6 Å². The van der Waals surface area contributed by atoms with E-state index in [4.69, 9.17) is 5.84 Å². The molecule has 0 bridgehead atoms. The maximum atomic E-state index is 12.5. The number of hydrazine groups is 1. The summed E-state index contributed by atoms with van der Waals surface area (Å²) in [5.74, 6) is 7.04. The molecule has 29 heavy (non-hydrogen) atoms. The second-order valence-electron chi connectivity index (χ2n) is 7.16. The maximum absolute atomic E-state index is 12.5. The van der Waals surface area contributed by atoms with E-state index in [2.05, 4.69) is 32.9 Å². The van der Waals surface area contributed by atoms with Crippen molar-refractivity contribution < 1.29 is 4.79 Å². The number of fused-ring (bicyclic) bond motifs is 1. The van der Waals surface area contributed by atoms with Crippen LogP contribution in [0.5, 0.6) is 0 Å². The number of aromatic nitrogens is 2. The second-order valence-corrected chi connectivity index (χ2v) is 8.27. The Morgan fingerprint density at radius 3 is 2.79 bits per heavy atom. The molecule has 2 N–H and O–H groups in total. The quantitative estimate of drug-likeness (QED) is 0.221. The number of thiophene rings is 1. The molecule has 0 aromatic carbocycles. The van der Waals surface area contributed by atoms with Gasteiger partial charge in [0.15, 0.2) is 0 Å². The van der Waals surface area contributed by atoms with Crippen molar-refractivity contribution in [3.63, 3.8) is 0 Å². The number of nitrogens with zero attached hydrogens (tertiary/aromatic N) is 6. The summed E-state index contributed by atoms with van der Waals surface area (Å²) in [7, 11) is 0. The van der Waals surface area contributed by atoms with Gasteiger partial charge in [-0.2, -0.15) is 0 Å². The lowest BCUT2D eigenvalue weighted by Gasteiger charge is -2.35.